The second-order valence-corrected chi connectivity index (χ2v) is 4.13. The van der Waals surface area contributed by atoms with Crippen LogP contribution in [0.25, 0.3) is 0 Å². The fraction of sp³-hybridized carbons (Fsp3) is 1.00. The minimum atomic E-state index is -0.360. The number of hydrogen-bond donors (Lipinski definition) is 2. The van der Waals surface area contributed by atoms with Crippen LogP contribution in [0.3, 0.4) is 0 Å². The van der Waals surface area contributed by atoms with Crippen LogP contribution in [-0.4, -0.2) is 37.5 Å². The predicted molar refractivity (Wildman–Crippen MR) is 52.7 cm³/mol. The summed E-state index contributed by atoms with van der Waals surface area (Å²) in [5, 5.41) is 12.8. The molecule has 0 aromatic carbocycles. The topological polar surface area (TPSA) is 41.5 Å². The third kappa shape index (κ3) is 4.07. The van der Waals surface area contributed by atoms with Gasteiger partial charge in [0.1, 0.15) is 0 Å². The van der Waals surface area contributed by atoms with Gasteiger partial charge in [0, 0.05) is 19.7 Å². The molecule has 3 nitrogen and oxygen atoms in total. The summed E-state index contributed by atoms with van der Waals surface area (Å²) in [6, 6.07) is 0.613. The van der Waals surface area contributed by atoms with Gasteiger partial charge in [-0.1, -0.05) is 6.92 Å². The molecule has 0 aromatic heterocycles. The van der Waals surface area contributed by atoms with E-state index in [2.05, 4.69) is 12.2 Å². The van der Waals surface area contributed by atoms with Crippen LogP contribution in [0.15, 0.2) is 0 Å². The van der Waals surface area contributed by atoms with Crippen molar-refractivity contribution < 1.29 is 9.84 Å². The number of nitrogens with one attached hydrogen (secondary N) is 1. The van der Waals surface area contributed by atoms with Crippen molar-refractivity contribution in [2.24, 2.45) is 5.92 Å². The van der Waals surface area contributed by atoms with Gasteiger partial charge in [0.15, 0.2) is 0 Å². The Hall–Kier alpha value is -0.120. The summed E-state index contributed by atoms with van der Waals surface area (Å²) < 4.78 is 4.85. The summed E-state index contributed by atoms with van der Waals surface area (Å²) in [6.07, 6.45) is 3.46. The first kappa shape index (κ1) is 11.0. The first-order chi connectivity index (χ1) is 6.22. The summed E-state index contributed by atoms with van der Waals surface area (Å²) in [4.78, 5) is 0. The summed E-state index contributed by atoms with van der Waals surface area (Å²) in [6.45, 7) is 3.37. The average Bonchev–Trinajstić information content (AvgIpc) is 2.49. The lowest BCUT2D eigenvalue weighted by Crippen LogP contribution is -2.36. The molecule has 0 spiro atoms. The van der Waals surface area contributed by atoms with Gasteiger partial charge in [-0.2, -0.15) is 0 Å². The zero-order valence-electron chi connectivity index (χ0n) is 8.62. The van der Waals surface area contributed by atoms with Gasteiger partial charge in [-0.25, -0.2) is 0 Å². The Kier molecular flexibility index (Phi) is 4.70. The van der Waals surface area contributed by atoms with Crippen LogP contribution in [0.1, 0.15) is 26.2 Å². The maximum Gasteiger partial charge on any atom is 0.0897 e. The molecule has 0 saturated heterocycles. The SMILES string of the molecule is COCC(O)CNC1CCC(C)C1. The largest absolute Gasteiger partial charge is 0.389 e. The molecule has 0 amide bonds. The number of aliphatic hydroxyl groups is 1. The van der Waals surface area contributed by atoms with Crippen LogP contribution in [0.4, 0.5) is 0 Å². The summed E-state index contributed by atoms with van der Waals surface area (Å²) in [5.74, 6) is 0.845. The molecule has 1 rings (SSSR count). The van der Waals surface area contributed by atoms with E-state index in [0.717, 1.165) is 5.92 Å². The summed E-state index contributed by atoms with van der Waals surface area (Å²) >= 11 is 0. The van der Waals surface area contributed by atoms with Crippen molar-refractivity contribution >= 4 is 0 Å². The molecule has 3 unspecified atom stereocenters. The van der Waals surface area contributed by atoms with Gasteiger partial charge in [0.25, 0.3) is 0 Å². The second-order valence-electron chi connectivity index (χ2n) is 4.13. The minimum absolute atomic E-state index is 0.360. The molecule has 3 heteroatoms. The van der Waals surface area contributed by atoms with E-state index in [9.17, 15) is 5.11 Å². The van der Waals surface area contributed by atoms with Crippen molar-refractivity contribution in [3.8, 4) is 0 Å². The highest BCUT2D eigenvalue weighted by Gasteiger charge is 2.21. The molecule has 2 N–H and O–H groups in total. The van der Waals surface area contributed by atoms with Crippen LogP contribution >= 0.6 is 0 Å². The molecule has 78 valence electrons. The molecule has 13 heavy (non-hydrogen) atoms. The molecule has 1 saturated carbocycles. The standard InChI is InChI=1S/C10H21NO2/c1-8-3-4-9(5-8)11-6-10(12)7-13-2/h8-12H,3-7H2,1-2H3. The van der Waals surface area contributed by atoms with Crippen molar-refractivity contribution in [1.82, 2.24) is 5.32 Å². The quantitative estimate of drug-likeness (QED) is 0.668. The molecule has 3 atom stereocenters. The van der Waals surface area contributed by atoms with Gasteiger partial charge >= 0.3 is 0 Å². The van der Waals surface area contributed by atoms with Gasteiger partial charge in [-0.15, -0.1) is 0 Å². The van der Waals surface area contributed by atoms with Gasteiger partial charge in [0.05, 0.1) is 12.7 Å². The lowest BCUT2D eigenvalue weighted by molar-refractivity contribution is 0.0627. The molecule has 1 aliphatic rings. The zero-order chi connectivity index (χ0) is 9.68. The van der Waals surface area contributed by atoms with Crippen molar-refractivity contribution in [3.05, 3.63) is 0 Å². The van der Waals surface area contributed by atoms with Gasteiger partial charge in [-0.05, 0) is 25.2 Å². The van der Waals surface area contributed by atoms with E-state index in [1.54, 1.807) is 7.11 Å². The van der Waals surface area contributed by atoms with Gasteiger partial charge in [-0.3, -0.25) is 0 Å². The molecular weight excluding hydrogens is 166 g/mol. The maximum atomic E-state index is 9.39. The highest BCUT2D eigenvalue weighted by Crippen LogP contribution is 2.24. The lowest BCUT2D eigenvalue weighted by atomic mass is 10.1. The van der Waals surface area contributed by atoms with Gasteiger partial charge < -0.3 is 15.2 Å². The zero-order valence-corrected chi connectivity index (χ0v) is 8.62. The smallest absolute Gasteiger partial charge is 0.0897 e. The van der Waals surface area contributed by atoms with Crippen molar-refractivity contribution in [3.63, 3.8) is 0 Å². The number of aliphatic hydroxyl groups excluding tert-OH is 1. The first-order valence-corrected chi connectivity index (χ1v) is 5.12. The Balaban J connectivity index is 2.05. The van der Waals surface area contributed by atoms with E-state index in [0.29, 0.717) is 19.2 Å². The highest BCUT2D eigenvalue weighted by molar-refractivity contribution is 4.78. The molecule has 0 bridgehead atoms. The molecule has 0 heterocycles. The molecule has 1 fully saturated rings. The van der Waals surface area contributed by atoms with Crippen LogP contribution in [0.2, 0.25) is 0 Å². The highest BCUT2D eigenvalue weighted by atomic mass is 16.5. The average molecular weight is 187 g/mol. The molecule has 0 radical (unpaired) electrons. The third-order valence-corrected chi connectivity index (χ3v) is 2.70. The number of methoxy groups -OCH3 is 1. The lowest BCUT2D eigenvalue weighted by Gasteiger charge is -2.15. The van der Waals surface area contributed by atoms with E-state index >= 15 is 0 Å². The normalized spacial score (nSPS) is 30.7. The first-order valence-electron chi connectivity index (χ1n) is 5.12. The molecule has 0 aromatic rings. The van der Waals surface area contributed by atoms with Crippen LogP contribution in [0, 0.1) is 5.92 Å². The van der Waals surface area contributed by atoms with Crippen molar-refractivity contribution in [1.29, 1.82) is 0 Å². The molecule has 0 aliphatic heterocycles. The van der Waals surface area contributed by atoms with Crippen LogP contribution in [0.5, 0.6) is 0 Å². The fourth-order valence-electron chi connectivity index (χ4n) is 1.95. The summed E-state index contributed by atoms with van der Waals surface area (Å²) in [7, 11) is 1.61. The second kappa shape index (κ2) is 5.58. The Bertz CT molecular complexity index is 141. The number of ether oxygens (including phenoxy) is 1. The van der Waals surface area contributed by atoms with E-state index < -0.39 is 0 Å². The Morgan fingerprint density at radius 2 is 2.31 bits per heavy atom. The fourth-order valence-corrected chi connectivity index (χ4v) is 1.95. The summed E-state index contributed by atoms with van der Waals surface area (Å²) in [5.41, 5.74) is 0. The van der Waals surface area contributed by atoms with Crippen molar-refractivity contribution in [2.45, 2.75) is 38.3 Å². The molecule has 1 aliphatic carbocycles. The minimum Gasteiger partial charge on any atom is -0.389 e. The maximum absolute atomic E-state index is 9.39. The Labute approximate surface area is 80.5 Å². The molecular formula is C10H21NO2. The number of rotatable bonds is 5. The Morgan fingerprint density at radius 3 is 2.85 bits per heavy atom. The van der Waals surface area contributed by atoms with E-state index in [1.807, 2.05) is 0 Å². The number of hydrogen-bond acceptors (Lipinski definition) is 3. The van der Waals surface area contributed by atoms with Crippen LogP contribution in [-0.2, 0) is 4.74 Å². The monoisotopic (exact) mass is 187 g/mol. The van der Waals surface area contributed by atoms with Crippen LogP contribution < -0.4 is 5.32 Å². The third-order valence-electron chi connectivity index (χ3n) is 2.70. The van der Waals surface area contributed by atoms with Crippen molar-refractivity contribution in [2.75, 3.05) is 20.3 Å². The van der Waals surface area contributed by atoms with E-state index in [-0.39, 0.29) is 6.10 Å². The van der Waals surface area contributed by atoms with Gasteiger partial charge in [0.2, 0.25) is 0 Å². The predicted octanol–water partition coefficient (Wildman–Crippen LogP) is 0.772. The Morgan fingerprint density at radius 1 is 1.54 bits per heavy atom. The van der Waals surface area contributed by atoms with E-state index in [1.165, 1.54) is 19.3 Å². The van der Waals surface area contributed by atoms with E-state index in [4.69, 9.17) is 4.74 Å².